The monoisotopic (exact) mass is 274 g/mol. The Balaban J connectivity index is 2.08. The Kier molecular flexibility index (Phi) is 3.66. The molecule has 3 nitrogen and oxygen atoms in total. The SMILES string of the molecule is CC[C@H](NC(=O)C1C(C)(C)C1(C)C)c1ccc(C)cn1. The maximum Gasteiger partial charge on any atom is 0.224 e. The van der Waals surface area contributed by atoms with Crippen LogP contribution in [0.1, 0.15) is 58.3 Å². The number of nitrogens with one attached hydrogen (secondary N) is 1. The number of hydrogen-bond donors (Lipinski definition) is 1. The molecule has 1 atom stereocenters. The Morgan fingerprint density at radius 3 is 2.30 bits per heavy atom. The van der Waals surface area contributed by atoms with Gasteiger partial charge < -0.3 is 5.32 Å². The highest BCUT2D eigenvalue weighted by atomic mass is 16.2. The van der Waals surface area contributed by atoms with Crippen LogP contribution in [0.2, 0.25) is 0 Å². The largest absolute Gasteiger partial charge is 0.347 e. The van der Waals surface area contributed by atoms with Crippen molar-refractivity contribution < 1.29 is 4.79 Å². The molecule has 1 fully saturated rings. The van der Waals surface area contributed by atoms with E-state index in [1.54, 1.807) is 0 Å². The maximum atomic E-state index is 12.5. The zero-order valence-corrected chi connectivity index (χ0v) is 13.4. The molecule has 0 aliphatic heterocycles. The Hall–Kier alpha value is -1.38. The van der Waals surface area contributed by atoms with Crippen LogP contribution in [-0.4, -0.2) is 10.9 Å². The standard InChI is InChI=1S/C17H26N2O/c1-7-12(13-9-8-11(2)10-18-13)19-15(20)14-16(3,4)17(14,5)6/h8-10,12,14H,7H2,1-6H3,(H,19,20)/t12-/m0/s1. The van der Waals surface area contributed by atoms with E-state index in [1.807, 2.05) is 25.3 Å². The van der Waals surface area contributed by atoms with E-state index < -0.39 is 0 Å². The van der Waals surface area contributed by atoms with E-state index in [-0.39, 0.29) is 28.7 Å². The maximum absolute atomic E-state index is 12.5. The Morgan fingerprint density at radius 1 is 1.30 bits per heavy atom. The summed E-state index contributed by atoms with van der Waals surface area (Å²) in [6.45, 7) is 12.8. The van der Waals surface area contributed by atoms with Gasteiger partial charge in [-0.05, 0) is 35.8 Å². The predicted molar refractivity (Wildman–Crippen MR) is 81.2 cm³/mol. The molecule has 1 heterocycles. The number of carbonyl (C=O) groups is 1. The van der Waals surface area contributed by atoms with E-state index in [4.69, 9.17) is 0 Å². The van der Waals surface area contributed by atoms with E-state index in [0.29, 0.717) is 0 Å². The van der Waals surface area contributed by atoms with Gasteiger partial charge in [0.05, 0.1) is 11.7 Å². The molecule has 1 aliphatic carbocycles. The number of aryl methyl sites for hydroxylation is 1. The van der Waals surface area contributed by atoms with E-state index in [2.05, 4.69) is 44.9 Å². The lowest BCUT2D eigenvalue weighted by molar-refractivity contribution is -0.124. The number of amides is 1. The number of rotatable bonds is 4. The van der Waals surface area contributed by atoms with Crippen LogP contribution in [0, 0.1) is 23.7 Å². The fraction of sp³-hybridized carbons (Fsp3) is 0.647. The second-order valence-corrected chi connectivity index (χ2v) is 7.11. The summed E-state index contributed by atoms with van der Waals surface area (Å²) in [4.78, 5) is 16.9. The number of hydrogen-bond acceptors (Lipinski definition) is 2. The second kappa shape index (κ2) is 4.87. The molecule has 1 aromatic rings. The number of carbonyl (C=O) groups excluding carboxylic acids is 1. The topological polar surface area (TPSA) is 42.0 Å². The van der Waals surface area contributed by atoms with E-state index >= 15 is 0 Å². The molecule has 2 rings (SSSR count). The summed E-state index contributed by atoms with van der Waals surface area (Å²) < 4.78 is 0. The van der Waals surface area contributed by atoms with Crippen LogP contribution in [0.4, 0.5) is 0 Å². The summed E-state index contributed by atoms with van der Waals surface area (Å²) in [6, 6.07) is 4.06. The van der Waals surface area contributed by atoms with Gasteiger partial charge in [0.15, 0.2) is 0 Å². The van der Waals surface area contributed by atoms with Gasteiger partial charge in [0.25, 0.3) is 0 Å². The highest BCUT2D eigenvalue weighted by Crippen LogP contribution is 2.68. The molecule has 1 saturated carbocycles. The summed E-state index contributed by atoms with van der Waals surface area (Å²) in [5, 5.41) is 3.17. The molecule has 1 N–H and O–H groups in total. The molecular weight excluding hydrogens is 248 g/mol. The average Bonchev–Trinajstić information content (AvgIpc) is 2.78. The highest BCUT2D eigenvalue weighted by Gasteiger charge is 2.68. The summed E-state index contributed by atoms with van der Waals surface area (Å²) in [5.41, 5.74) is 2.24. The first-order valence-corrected chi connectivity index (χ1v) is 7.44. The van der Waals surface area contributed by atoms with Crippen LogP contribution in [-0.2, 0) is 4.79 Å². The van der Waals surface area contributed by atoms with Crippen molar-refractivity contribution in [1.82, 2.24) is 10.3 Å². The van der Waals surface area contributed by atoms with Crippen molar-refractivity contribution >= 4 is 5.91 Å². The minimum absolute atomic E-state index is 0.00954. The molecular formula is C17H26N2O. The fourth-order valence-electron chi connectivity index (χ4n) is 3.18. The highest BCUT2D eigenvalue weighted by molar-refractivity contribution is 5.84. The molecule has 0 aromatic carbocycles. The van der Waals surface area contributed by atoms with Crippen LogP contribution >= 0.6 is 0 Å². The van der Waals surface area contributed by atoms with Gasteiger partial charge in [0.1, 0.15) is 0 Å². The Labute approximate surface area is 122 Å². The number of pyridine rings is 1. The van der Waals surface area contributed by atoms with Crippen molar-refractivity contribution in [3.63, 3.8) is 0 Å². The van der Waals surface area contributed by atoms with Crippen LogP contribution < -0.4 is 5.32 Å². The molecule has 1 amide bonds. The minimum Gasteiger partial charge on any atom is -0.347 e. The van der Waals surface area contributed by atoms with Gasteiger partial charge in [0.2, 0.25) is 5.91 Å². The van der Waals surface area contributed by atoms with Gasteiger partial charge in [-0.3, -0.25) is 9.78 Å². The van der Waals surface area contributed by atoms with E-state index in [9.17, 15) is 4.79 Å². The zero-order chi connectivity index (χ0) is 15.1. The van der Waals surface area contributed by atoms with Gasteiger partial charge in [-0.2, -0.15) is 0 Å². The first-order valence-electron chi connectivity index (χ1n) is 7.44. The van der Waals surface area contributed by atoms with E-state index in [0.717, 1.165) is 17.7 Å². The second-order valence-electron chi connectivity index (χ2n) is 7.11. The Bertz CT molecular complexity index is 488. The molecule has 0 unspecified atom stereocenters. The van der Waals surface area contributed by atoms with Gasteiger partial charge >= 0.3 is 0 Å². The predicted octanol–water partition coefficient (Wildman–Crippen LogP) is 3.64. The molecule has 0 radical (unpaired) electrons. The summed E-state index contributed by atoms with van der Waals surface area (Å²) in [6.07, 6.45) is 2.71. The lowest BCUT2D eigenvalue weighted by atomic mass is 10.0. The average molecular weight is 274 g/mol. The van der Waals surface area contributed by atoms with Crippen LogP contribution in [0.15, 0.2) is 18.3 Å². The fourth-order valence-corrected chi connectivity index (χ4v) is 3.18. The minimum atomic E-state index is 0.00954. The number of nitrogens with zero attached hydrogens (tertiary/aromatic N) is 1. The third-order valence-electron chi connectivity index (χ3n) is 5.30. The third-order valence-corrected chi connectivity index (χ3v) is 5.30. The lowest BCUT2D eigenvalue weighted by Gasteiger charge is -2.17. The molecule has 1 aliphatic rings. The normalized spacial score (nSPS) is 21.3. The summed E-state index contributed by atoms with van der Waals surface area (Å²) in [5.74, 6) is 0.253. The van der Waals surface area contributed by atoms with Gasteiger partial charge in [-0.1, -0.05) is 40.7 Å². The van der Waals surface area contributed by atoms with Crippen molar-refractivity contribution in [2.45, 2.75) is 54.0 Å². The van der Waals surface area contributed by atoms with Crippen molar-refractivity contribution in [3.8, 4) is 0 Å². The molecule has 0 spiro atoms. The van der Waals surface area contributed by atoms with Gasteiger partial charge in [0, 0.05) is 12.1 Å². The lowest BCUT2D eigenvalue weighted by Crippen LogP contribution is -2.31. The van der Waals surface area contributed by atoms with Crippen molar-refractivity contribution in [2.75, 3.05) is 0 Å². The molecule has 20 heavy (non-hydrogen) atoms. The molecule has 1 aromatic heterocycles. The zero-order valence-electron chi connectivity index (χ0n) is 13.4. The molecule has 0 saturated heterocycles. The van der Waals surface area contributed by atoms with Gasteiger partial charge in [-0.25, -0.2) is 0 Å². The molecule has 3 heteroatoms. The van der Waals surface area contributed by atoms with Crippen LogP contribution in [0.5, 0.6) is 0 Å². The van der Waals surface area contributed by atoms with E-state index in [1.165, 1.54) is 0 Å². The first kappa shape index (κ1) is 15.0. The van der Waals surface area contributed by atoms with Crippen molar-refractivity contribution in [2.24, 2.45) is 16.7 Å². The summed E-state index contributed by atoms with van der Waals surface area (Å²) in [7, 11) is 0. The van der Waals surface area contributed by atoms with Crippen LogP contribution in [0.25, 0.3) is 0 Å². The van der Waals surface area contributed by atoms with Crippen molar-refractivity contribution in [3.05, 3.63) is 29.6 Å². The number of aromatic nitrogens is 1. The Morgan fingerprint density at radius 2 is 1.90 bits per heavy atom. The van der Waals surface area contributed by atoms with Crippen molar-refractivity contribution in [1.29, 1.82) is 0 Å². The first-order chi connectivity index (χ1) is 9.21. The molecule has 0 bridgehead atoms. The summed E-state index contributed by atoms with van der Waals surface area (Å²) >= 11 is 0. The van der Waals surface area contributed by atoms with Gasteiger partial charge in [-0.15, -0.1) is 0 Å². The third kappa shape index (κ3) is 2.34. The smallest absolute Gasteiger partial charge is 0.224 e. The molecule has 110 valence electrons. The quantitative estimate of drug-likeness (QED) is 0.910. The van der Waals surface area contributed by atoms with Crippen LogP contribution in [0.3, 0.4) is 0 Å².